The van der Waals surface area contributed by atoms with Gasteiger partial charge in [-0.1, -0.05) is 13.8 Å². The molecule has 1 aromatic rings. The van der Waals surface area contributed by atoms with Gasteiger partial charge in [-0.3, -0.25) is 4.98 Å². The smallest absolute Gasteiger partial charge is 0.0302 e. The normalized spacial score (nSPS) is 20.2. The third-order valence-corrected chi connectivity index (χ3v) is 2.74. The Morgan fingerprint density at radius 2 is 2.17 bits per heavy atom. The van der Waals surface area contributed by atoms with Gasteiger partial charge in [0.25, 0.3) is 0 Å². The summed E-state index contributed by atoms with van der Waals surface area (Å²) < 4.78 is 0. The van der Waals surface area contributed by atoms with E-state index in [1.807, 2.05) is 12.4 Å². The molecule has 0 fully saturated rings. The Hall–Kier alpha value is -0.850. The van der Waals surface area contributed by atoms with E-state index < -0.39 is 0 Å². The maximum atomic E-state index is 4.16. The van der Waals surface area contributed by atoms with E-state index >= 15 is 0 Å². The first-order valence-corrected chi connectivity index (χ1v) is 4.59. The number of hydrogen-bond acceptors (Lipinski definition) is 1. The van der Waals surface area contributed by atoms with Gasteiger partial charge in [0, 0.05) is 12.4 Å². The molecule has 0 spiro atoms. The highest BCUT2D eigenvalue weighted by Crippen LogP contribution is 2.33. The molecule has 0 saturated carbocycles. The topological polar surface area (TPSA) is 12.9 Å². The Bertz CT molecular complexity index is 289. The van der Waals surface area contributed by atoms with Crippen LogP contribution in [0.4, 0.5) is 0 Å². The number of aryl methyl sites for hydroxylation is 1. The zero-order chi connectivity index (χ0) is 8.60. The fourth-order valence-corrected chi connectivity index (χ4v) is 1.94. The lowest BCUT2D eigenvalue weighted by Crippen LogP contribution is -2.22. The van der Waals surface area contributed by atoms with Gasteiger partial charge in [0.05, 0.1) is 0 Å². The van der Waals surface area contributed by atoms with Gasteiger partial charge in [-0.2, -0.15) is 0 Å². The van der Waals surface area contributed by atoms with Crippen LogP contribution in [-0.4, -0.2) is 4.98 Å². The molecule has 1 aliphatic rings. The van der Waals surface area contributed by atoms with E-state index in [4.69, 9.17) is 0 Å². The van der Waals surface area contributed by atoms with E-state index in [1.54, 1.807) is 0 Å². The standard InChI is InChI=1S/C11H15N/c1-11(2)5-3-9-4-6-12-8-10(9)7-11/h4,6,8H,3,5,7H2,1-2H3. The highest BCUT2D eigenvalue weighted by Gasteiger charge is 2.24. The van der Waals surface area contributed by atoms with Gasteiger partial charge in [0.15, 0.2) is 0 Å². The summed E-state index contributed by atoms with van der Waals surface area (Å²) in [6, 6.07) is 2.16. The lowest BCUT2D eigenvalue weighted by atomic mass is 9.75. The van der Waals surface area contributed by atoms with Crippen LogP contribution >= 0.6 is 0 Å². The molecule has 1 aliphatic carbocycles. The summed E-state index contributed by atoms with van der Waals surface area (Å²) in [6.45, 7) is 4.67. The molecule has 0 unspecified atom stereocenters. The maximum Gasteiger partial charge on any atom is 0.0302 e. The minimum atomic E-state index is 0.482. The summed E-state index contributed by atoms with van der Waals surface area (Å²) in [5.74, 6) is 0. The summed E-state index contributed by atoms with van der Waals surface area (Å²) in [4.78, 5) is 4.16. The molecule has 1 heterocycles. The summed E-state index contributed by atoms with van der Waals surface area (Å²) in [5.41, 5.74) is 3.44. The molecule has 0 aliphatic heterocycles. The van der Waals surface area contributed by atoms with E-state index in [1.165, 1.54) is 30.4 Å². The number of hydrogen-bond donors (Lipinski definition) is 0. The largest absolute Gasteiger partial charge is 0.264 e. The molecule has 0 bridgehead atoms. The second kappa shape index (κ2) is 2.58. The second-order valence-electron chi connectivity index (χ2n) is 4.49. The number of aromatic nitrogens is 1. The van der Waals surface area contributed by atoms with Crippen molar-refractivity contribution >= 4 is 0 Å². The van der Waals surface area contributed by atoms with Crippen LogP contribution in [0.25, 0.3) is 0 Å². The first-order chi connectivity index (χ1) is 5.67. The van der Waals surface area contributed by atoms with Crippen molar-refractivity contribution in [2.24, 2.45) is 5.41 Å². The lowest BCUT2D eigenvalue weighted by molar-refractivity contribution is 0.315. The van der Waals surface area contributed by atoms with Crippen molar-refractivity contribution in [2.45, 2.75) is 33.1 Å². The molecule has 64 valence electrons. The molecule has 2 rings (SSSR count). The van der Waals surface area contributed by atoms with Crippen LogP contribution in [0.1, 0.15) is 31.4 Å². The summed E-state index contributed by atoms with van der Waals surface area (Å²) in [7, 11) is 0. The Morgan fingerprint density at radius 3 is 3.00 bits per heavy atom. The summed E-state index contributed by atoms with van der Waals surface area (Å²) in [5, 5.41) is 0. The third-order valence-electron chi connectivity index (χ3n) is 2.74. The number of rotatable bonds is 0. The van der Waals surface area contributed by atoms with Crippen molar-refractivity contribution in [3.63, 3.8) is 0 Å². The van der Waals surface area contributed by atoms with Crippen molar-refractivity contribution in [1.82, 2.24) is 4.98 Å². The molecule has 12 heavy (non-hydrogen) atoms. The second-order valence-corrected chi connectivity index (χ2v) is 4.49. The maximum absolute atomic E-state index is 4.16. The Balaban J connectivity index is 2.35. The number of pyridine rings is 1. The van der Waals surface area contributed by atoms with Gasteiger partial charge in [-0.05, 0) is 41.9 Å². The third kappa shape index (κ3) is 1.36. The van der Waals surface area contributed by atoms with Crippen LogP contribution in [0.2, 0.25) is 0 Å². The van der Waals surface area contributed by atoms with E-state index in [2.05, 4.69) is 24.9 Å². The zero-order valence-electron chi connectivity index (χ0n) is 7.80. The molecular formula is C11H15N. The van der Waals surface area contributed by atoms with Crippen LogP contribution in [0, 0.1) is 5.41 Å². The predicted molar refractivity (Wildman–Crippen MR) is 50.0 cm³/mol. The molecule has 1 nitrogen and oxygen atoms in total. The summed E-state index contributed by atoms with van der Waals surface area (Å²) >= 11 is 0. The van der Waals surface area contributed by atoms with Crippen LogP contribution < -0.4 is 0 Å². The highest BCUT2D eigenvalue weighted by atomic mass is 14.6. The molecule has 0 amide bonds. The van der Waals surface area contributed by atoms with Crippen molar-refractivity contribution < 1.29 is 0 Å². The fraction of sp³-hybridized carbons (Fsp3) is 0.545. The monoisotopic (exact) mass is 161 g/mol. The molecule has 0 radical (unpaired) electrons. The molecule has 0 aromatic carbocycles. The van der Waals surface area contributed by atoms with Crippen LogP contribution in [-0.2, 0) is 12.8 Å². The number of nitrogens with zero attached hydrogens (tertiary/aromatic N) is 1. The molecule has 1 heteroatoms. The number of fused-ring (bicyclic) bond motifs is 1. The SMILES string of the molecule is CC1(C)CCc2ccncc2C1. The molecule has 0 N–H and O–H groups in total. The van der Waals surface area contributed by atoms with Crippen molar-refractivity contribution in [2.75, 3.05) is 0 Å². The van der Waals surface area contributed by atoms with E-state index in [9.17, 15) is 0 Å². The van der Waals surface area contributed by atoms with Gasteiger partial charge >= 0.3 is 0 Å². The Morgan fingerprint density at radius 1 is 1.33 bits per heavy atom. The van der Waals surface area contributed by atoms with E-state index in [0.717, 1.165) is 0 Å². The Labute approximate surface area is 73.8 Å². The lowest BCUT2D eigenvalue weighted by Gasteiger charge is -2.30. The van der Waals surface area contributed by atoms with E-state index in [0.29, 0.717) is 5.41 Å². The quantitative estimate of drug-likeness (QED) is 0.570. The fourth-order valence-electron chi connectivity index (χ4n) is 1.94. The van der Waals surface area contributed by atoms with Crippen molar-refractivity contribution in [1.29, 1.82) is 0 Å². The van der Waals surface area contributed by atoms with Gasteiger partial charge < -0.3 is 0 Å². The van der Waals surface area contributed by atoms with Gasteiger partial charge in [-0.25, -0.2) is 0 Å². The van der Waals surface area contributed by atoms with Crippen LogP contribution in [0.3, 0.4) is 0 Å². The Kier molecular flexibility index (Phi) is 1.67. The minimum absolute atomic E-state index is 0.482. The first kappa shape index (κ1) is 7.78. The zero-order valence-corrected chi connectivity index (χ0v) is 7.80. The average molecular weight is 161 g/mol. The predicted octanol–water partition coefficient (Wildman–Crippen LogP) is 2.60. The van der Waals surface area contributed by atoms with Crippen molar-refractivity contribution in [3.05, 3.63) is 29.6 Å². The minimum Gasteiger partial charge on any atom is -0.264 e. The van der Waals surface area contributed by atoms with Gasteiger partial charge in [0.2, 0.25) is 0 Å². The van der Waals surface area contributed by atoms with Crippen LogP contribution in [0.5, 0.6) is 0 Å². The van der Waals surface area contributed by atoms with Crippen LogP contribution in [0.15, 0.2) is 18.5 Å². The highest BCUT2D eigenvalue weighted by molar-refractivity contribution is 5.27. The molecular weight excluding hydrogens is 146 g/mol. The van der Waals surface area contributed by atoms with Crippen molar-refractivity contribution in [3.8, 4) is 0 Å². The molecule has 0 atom stereocenters. The average Bonchev–Trinajstić information content (AvgIpc) is 2.02. The molecule has 1 aromatic heterocycles. The molecule has 0 saturated heterocycles. The van der Waals surface area contributed by atoms with E-state index in [-0.39, 0.29) is 0 Å². The van der Waals surface area contributed by atoms with Gasteiger partial charge in [-0.15, -0.1) is 0 Å². The van der Waals surface area contributed by atoms with Gasteiger partial charge in [0.1, 0.15) is 0 Å². The summed E-state index contributed by atoms with van der Waals surface area (Å²) in [6.07, 6.45) is 7.65. The first-order valence-electron chi connectivity index (χ1n) is 4.59.